The molecule has 0 bridgehead atoms. The zero-order valence-corrected chi connectivity index (χ0v) is 9.35. The van der Waals surface area contributed by atoms with Gasteiger partial charge in [-0.3, -0.25) is 0 Å². The van der Waals surface area contributed by atoms with Crippen LogP contribution in [-0.4, -0.2) is 9.97 Å². The van der Waals surface area contributed by atoms with E-state index in [1.54, 1.807) is 0 Å². The first-order valence-electron chi connectivity index (χ1n) is 5.06. The van der Waals surface area contributed by atoms with E-state index in [0.717, 1.165) is 6.20 Å². The van der Waals surface area contributed by atoms with Crippen molar-refractivity contribution in [2.75, 3.05) is 0 Å². The molecule has 0 fully saturated rings. The minimum atomic E-state index is -4.53. The first-order valence-corrected chi connectivity index (χ1v) is 5.06. The van der Waals surface area contributed by atoms with E-state index in [4.69, 9.17) is 10.00 Å². The van der Waals surface area contributed by atoms with Crippen LogP contribution < -0.4 is 4.74 Å². The molecule has 19 heavy (non-hydrogen) atoms. The number of hydrogen-bond acceptors (Lipinski definition) is 4. The number of alkyl halides is 3. The number of rotatable bonds is 2. The van der Waals surface area contributed by atoms with Crippen molar-refractivity contribution in [3.05, 3.63) is 47.9 Å². The largest absolute Gasteiger partial charge is 0.438 e. The zero-order chi connectivity index (χ0) is 13.9. The lowest BCUT2D eigenvalue weighted by Crippen LogP contribution is -2.08. The van der Waals surface area contributed by atoms with Crippen molar-refractivity contribution >= 4 is 0 Å². The number of benzene rings is 1. The highest BCUT2D eigenvalue weighted by atomic mass is 19.4. The van der Waals surface area contributed by atoms with Gasteiger partial charge in [0.1, 0.15) is 5.75 Å². The maximum atomic E-state index is 12.3. The molecule has 96 valence electrons. The van der Waals surface area contributed by atoms with E-state index >= 15 is 0 Å². The van der Waals surface area contributed by atoms with Crippen molar-refractivity contribution in [2.24, 2.45) is 0 Å². The molecule has 0 N–H and O–H groups in total. The summed E-state index contributed by atoms with van der Waals surface area (Å²) in [5.74, 6) is 0.297. The molecule has 2 rings (SSSR count). The molecule has 2 aromatic rings. The van der Waals surface area contributed by atoms with Gasteiger partial charge < -0.3 is 4.74 Å². The minimum Gasteiger partial charge on any atom is -0.438 e. The number of hydrogen-bond donors (Lipinski definition) is 0. The molecule has 0 aliphatic heterocycles. The molecule has 0 unspecified atom stereocenters. The summed E-state index contributed by atoms with van der Waals surface area (Å²) in [7, 11) is 0. The summed E-state index contributed by atoms with van der Waals surface area (Å²) >= 11 is 0. The van der Waals surface area contributed by atoms with Crippen LogP contribution in [0.5, 0.6) is 11.6 Å². The molecule has 0 aliphatic carbocycles. The smallest absolute Gasteiger partial charge is 0.434 e. The van der Waals surface area contributed by atoms with E-state index in [0.29, 0.717) is 17.5 Å². The fraction of sp³-hybridized carbons (Fsp3) is 0.0833. The van der Waals surface area contributed by atoms with Crippen LogP contribution in [0.1, 0.15) is 11.3 Å². The highest BCUT2D eigenvalue weighted by molar-refractivity contribution is 5.35. The summed E-state index contributed by atoms with van der Waals surface area (Å²) in [6, 6.07) is 8.00. The quantitative estimate of drug-likeness (QED) is 0.836. The van der Waals surface area contributed by atoms with Crippen LogP contribution in [0.15, 0.2) is 36.7 Å². The Morgan fingerprint density at radius 3 is 2.21 bits per heavy atom. The van der Waals surface area contributed by atoms with Gasteiger partial charge in [-0.1, -0.05) is 0 Å². The predicted molar refractivity (Wildman–Crippen MR) is 58.3 cm³/mol. The fourth-order valence-electron chi connectivity index (χ4n) is 1.23. The molecule has 0 radical (unpaired) electrons. The summed E-state index contributed by atoms with van der Waals surface area (Å²) < 4.78 is 42.0. The Labute approximate surface area is 106 Å². The van der Waals surface area contributed by atoms with Gasteiger partial charge >= 0.3 is 6.18 Å². The van der Waals surface area contributed by atoms with E-state index < -0.39 is 11.9 Å². The van der Waals surface area contributed by atoms with E-state index in [9.17, 15) is 13.2 Å². The second-order valence-corrected chi connectivity index (χ2v) is 3.48. The van der Waals surface area contributed by atoms with Crippen LogP contribution in [-0.2, 0) is 6.18 Å². The van der Waals surface area contributed by atoms with Crippen molar-refractivity contribution in [2.45, 2.75) is 6.18 Å². The van der Waals surface area contributed by atoms with E-state index in [-0.39, 0.29) is 5.88 Å². The third-order valence-corrected chi connectivity index (χ3v) is 2.12. The average molecular weight is 265 g/mol. The van der Waals surface area contributed by atoms with E-state index in [2.05, 4.69) is 9.97 Å². The molecule has 0 saturated heterocycles. The first-order chi connectivity index (χ1) is 8.99. The fourth-order valence-corrected chi connectivity index (χ4v) is 1.23. The van der Waals surface area contributed by atoms with Crippen LogP contribution in [0, 0.1) is 11.3 Å². The Balaban J connectivity index is 2.13. The summed E-state index contributed by atoms with van der Waals surface area (Å²) in [6.45, 7) is 0. The second kappa shape index (κ2) is 4.94. The van der Waals surface area contributed by atoms with Gasteiger partial charge in [-0.2, -0.15) is 18.4 Å². The standard InChI is InChI=1S/C12H6F3N3O/c13-12(14,15)10-6-18-11(7-17-10)19-9-3-1-8(5-16)2-4-9/h1-4,6-7H. The van der Waals surface area contributed by atoms with Crippen molar-refractivity contribution < 1.29 is 17.9 Å². The van der Waals surface area contributed by atoms with Gasteiger partial charge in [-0.25, -0.2) is 9.97 Å². The topological polar surface area (TPSA) is 58.8 Å². The van der Waals surface area contributed by atoms with Gasteiger partial charge in [0.05, 0.1) is 24.0 Å². The molecular weight excluding hydrogens is 259 g/mol. The molecule has 1 heterocycles. The Hall–Kier alpha value is -2.62. The Morgan fingerprint density at radius 1 is 1.05 bits per heavy atom. The van der Waals surface area contributed by atoms with Gasteiger partial charge in [0, 0.05) is 0 Å². The van der Waals surface area contributed by atoms with E-state index in [1.807, 2.05) is 6.07 Å². The summed E-state index contributed by atoms with van der Waals surface area (Å²) in [4.78, 5) is 6.73. The molecule has 0 amide bonds. The zero-order valence-electron chi connectivity index (χ0n) is 9.35. The summed E-state index contributed by atoms with van der Waals surface area (Å²) in [6.07, 6.45) is -3.04. The lowest BCUT2D eigenvalue weighted by atomic mass is 10.2. The number of nitriles is 1. The normalized spacial score (nSPS) is 10.8. The highest BCUT2D eigenvalue weighted by Gasteiger charge is 2.32. The molecule has 0 spiro atoms. The van der Waals surface area contributed by atoms with Gasteiger partial charge in [0.2, 0.25) is 5.88 Å². The lowest BCUT2D eigenvalue weighted by molar-refractivity contribution is -0.141. The molecule has 1 aromatic heterocycles. The van der Waals surface area contributed by atoms with Gasteiger partial charge in [-0.05, 0) is 24.3 Å². The maximum absolute atomic E-state index is 12.3. The molecule has 0 aliphatic rings. The van der Waals surface area contributed by atoms with Crippen LogP contribution >= 0.6 is 0 Å². The summed E-state index contributed by atoms with van der Waals surface area (Å²) in [5, 5.41) is 8.61. The number of aromatic nitrogens is 2. The number of ether oxygens (including phenoxy) is 1. The minimum absolute atomic E-state index is 0.0577. The third-order valence-electron chi connectivity index (χ3n) is 2.12. The Bertz CT molecular complexity index is 600. The van der Waals surface area contributed by atoms with Gasteiger partial charge in [0.25, 0.3) is 0 Å². The monoisotopic (exact) mass is 265 g/mol. The predicted octanol–water partition coefficient (Wildman–Crippen LogP) is 3.16. The number of nitrogens with zero attached hydrogens (tertiary/aromatic N) is 3. The Kier molecular flexibility index (Phi) is 3.33. The molecule has 4 nitrogen and oxygen atoms in total. The SMILES string of the molecule is N#Cc1ccc(Oc2cnc(C(F)(F)F)cn2)cc1. The molecule has 0 atom stereocenters. The van der Waals surface area contributed by atoms with E-state index in [1.165, 1.54) is 24.3 Å². The van der Waals surface area contributed by atoms with Gasteiger partial charge in [0.15, 0.2) is 5.69 Å². The van der Waals surface area contributed by atoms with Crippen molar-refractivity contribution in [3.63, 3.8) is 0 Å². The lowest BCUT2D eigenvalue weighted by Gasteiger charge is -2.07. The molecule has 7 heteroatoms. The first kappa shape index (κ1) is 12.8. The van der Waals surface area contributed by atoms with Crippen molar-refractivity contribution in [1.82, 2.24) is 9.97 Å². The number of halogens is 3. The van der Waals surface area contributed by atoms with Crippen molar-refractivity contribution in [3.8, 4) is 17.7 Å². The summed E-state index contributed by atoms with van der Waals surface area (Å²) in [5.41, 5.74) is -0.634. The van der Waals surface area contributed by atoms with Crippen molar-refractivity contribution in [1.29, 1.82) is 5.26 Å². The second-order valence-electron chi connectivity index (χ2n) is 3.48. The third kappa shape index (κ3) is 3.19. The average Bonchev–Trinajstić information content (AvgIpc) is 2.39. The highest BCUT2D eigenvalue weighted by Crippen LogP contribution is 2.28. The Morgan fingerprint density at radius 2 is 1.74 bits per heavy atom. The maximum Gasteiger partial charge on any atom is 0.434 e. The van der Waals surface area contributed by atoms with Crippen LogP contribution in [0.25, 0.3) is 0 Å². The molecule has 1 aromatic carbocycles. The van der Waals surface area contributed by atoms with Crippen LogP contribution in [0.2, 0.25) is 0 Å². The van der Waals surface area contributed by atoms with Crippen LogP contribution in [0.4, 0.5) is 13.2 Å². The molecular formula is C12H6F3N3O. The van der Waals surface area contributed by atoms with Gasteiger partial charge in [-0.15, -0.1) is 0 Å². The van der Waals surface area contributed by atoms with Crippen LogP contribution in [0.3, 0.4) is 0 Å². The molecule has 0 saturated carbocycles.